The predicted octanol–water partition coefficient (Wildman–Crippen LogP) is 5.62. The van der Waals surface area contributed by atoms with Gasteiger partial charge in [-0.3, -0.25) is 4.79 Å². The fourth-order valence-corrected chi connectivity index (χ4v) is 5.10. The summed E-state index contributed by atoms with van der Waals surface area (Å²) in [7, 11) is 0. The minimum atomic E-state index is -4.51. The minimum Gasteiger partial charge on any atom is -0.338 e. The van der Waals surface area contributed by atoms with Crippen LogP contribution in [-0.4, -0.2) is 56.1 Å². The van der Waals surface area contributed by atoms with Crippen molar-refractivity contribution in [3.05, 3.63) is 89.5 Å². The SMILES string of the molecule is Cc1ccc(-c2nnc3c4ccccc4nc(N4CCN(C(=O)c5cccc(C(F)(F)F)c5)C(C)C4)n23)cc1. The van der Waals surface area contributed by atoms with Crippen LogP contribution in [0.5, 0.6) is 0 Å². The van der Waals surface area contributed by atoms with E-state index in [2.05, 4.69) is 15.1 Å². The first kappa shape index (κ1) is 24.8. The van der Waals surface area contributed by atoms with Gasteiger partial charge in [0.2, 0.25) is 5.95 Å². The molecule has 6 rings (SSSR count). The number of fused-ring (bicyclic) bond motifs is 3. The lowest BCUT2D eigenvalue weighted by atomic mass is 10.1. The van der Waals surface area contributed by atoms with Gasteiger partial charge >= 0.3 is 6.18 Å². The second-order valence-electron chi connectivity index (χ2n) is 9.85. The van der Waals surface area contributed by atoms with Crippen molar-refractivity contribution in [1.82, 2.24) is 24.5 Å². The van der Waals surface area contributed by atoms with Crippen molar-refractivity contribution in [1.29, 1.82) is 0 Å². The normalized spacial score (nSPS) is 16.3. The van der Waals surface area contributed by atoms with Gasteiger partial charge in [-0.25, -0.2) is 9.38 Å². The molecule has 7 nitrogen and oxygen atoms in total. The smallest absolute Gasteiger partial charge is 0.338 e. The van der Waals surface area contributed by atoms with Gasteiger partial charge in [0.05, 0.1) is 11.1 Å². The van der Waals surface area contributed by atoms with E-state index in [-0.39, 0.29) is 11.6 Å². The Hall–Kier alpha value is -4.47. The summed E-state index contributed by atoms with van der Waals surface area (Å²) in [5.74, 6) is 0.894. The molecule has 1 unspecified atom stereocenters. The van der Waals surface area contributed by atoms with E-state index in [1.807, 2.05) is 66.8 Å². The molecule has 10 heteroatoms. The molecule has 3 aromatic carbocycles. The number of para-hydroxylation sites is 1. The molecule has 1 atom stereocenters. The maximum Gasteiger partial charge on any atom is 0.416 e. The van der Waals surface area contributed by atoms with Crippen LogP contribution in [0.1, 0.15) is 28.4 Å². The van der Waals surface area contributed by atoms with E-state index in [9.17, 15) is 18.0 Å². The number of rotatable bonds is 3. The molecule has 0 saturated carbocycles. The lowest BCUT2D eigenvalue weighted by molar-refractivity contribution is -0.137. The van der Waals surface area contributed by atoms with Crippen LogP contribution in [0.2, 0.25) is 0 Å². The summed E-state index contributed by atoms with van der Waals surface area (Å²) in [4.78, 5) is 21.9. The van der Waals surface area contributed by atoms with Crippen LogP contribution in [0.4, 0.5) is 19.1 Å². The number of anilines is 1. The first-order chi connectivity index (χ1) is 18.7. The molecule has 5 aromatic rings. The Labute approximate surface area is 222 Å². The van der Waals surface area contributed by atoms with Crippen LogP contribution in [0.15, 0.2) is 72.8 Å². The van der Waals surface area contributed by atoms with E-state index in [1.54, 1.807) is 4.90 Å². The first-order valence-electron chi connectivity index (χ1n) is 12.6. The van der Waals surface area contributed by atoms with Crippen LogP contribution in [-0.2, 0) is 6.18 Å². The monoisotopic (exact) mass is 530 g/mol. The van der Waals surface area contributed by atoms with E-state index < -0.39 is 17.6 Å². The number of benzene rings is 3. The van der Waals surface area contributed by atoms with Crippen LogP contribution >= 0.6 is 0 Å². The molecule has 39 heavy (non-hydrogen) atoms. The molecule has 1 saturated heterocycles. The van der Waals surface area contributed by atoms with E-state index in [0.29, 0.717) is 37.1 Å². The Morgan fingerprint density at radius 2 is 1.72 bits per heavy atom. The van der Waals surface area contributed by atoms with Gasteiger partial charge < -0.3 is 9.80 Å². The maximum atomic E-state index is 13.2. The molecule has 1 aliphatic heterocycles. The molecule has 1 amide bonds. The van der Waals surface area contributed by atoms with Crippen molar-refractivity contribution in [2.45, 2.75) is 26.1 Å². The van der Waals surface area contributed by atoms with Crippen molar-refractivity contribution >= 4 is 28.4 Å². The van der Waals surface area contributed by atoms with Crippen LogP contribution in [0.3, 0.4) is 0 Å². The highest BCUT2D eigenvalue weighted by atomic mass is 19.4. The van der Waals surface area contributed by atoms with E-state index in [4.69, 9.17) is 4.98 Å². The highest BCUT2D eigenvalue weighted by molar-refractivity contribution is 5.95. The van der Waals surface area contributed by atoms with Crippen molar-refractivity contribution in [3.8, 4) is 11.4 Å². The largest absolute Gasteiger partial charge is 0.416 e. The van der Waals surface area contributed by atoms with Gasteiger partial charge in [-0.05, 0) is 44.2 Å². The van der Waals surface area contributed by atoms with Crippen molar-refractivity contribution in [2.75, 3.05) is 24.5 Å². The van der Waals surface area contributed by atoms with Crippen molar-refractivity contribution in [2.24, 2.45) is 0 Å². The molecule has 0 radical (unpaired) electrons. The zero-order valence-corrected chi connectivity index (χ0v) is 21.4. The molecule has 2 aromatic heterocycles. The summed E-state index contributed by atoms with van der Waals surface area (Å²) in [6, 6.07) is 20.1. The molecule has 0 bridgehead atoms. The number of carbonyl (C=O) groups excluding carboxylic acids is 1. The number of aryl methyl sites for hydroxylation is 1. The number of aromatic nitrogens is 4. The summed E-state index contributed by atoms with van der Waals surface area (Å²) < 4.78 is 41.6. The van der Waals surface area contributed by atoms with E-state index in [0.717, 1.165) is 34.2 Å². The molecule has 1 aliphatic rings. The molecular weight excluding hydrogens is 505 g/mol. The molecule has 1 fully saturated rings. The topological polar surface area (TPSA) is 66.6 Å². The highest BCUT2D eigenvalue weighted by Crippen LogP contribution is 2.32. The second-order valence-corrected chi connectivity index (χ2v) is 9.85. The molecule has 0 N–H and O–H groups in total. The average Bonchev–Trinajstić information content (AvgIpc) is 3.38. The zero-order valence-electron chi connectivity index (χ0n) is 21.4. The number of hydrogen-bond acceptors (Lipinski definition) is 5. The molecule has 3 heterocycles. The summed E-state index contributed by atoms with van der Waals surface area (Å²) in [6.07, 6.45) is -4.51. The Bertz CT molecular complexity index is 1700. The summed E-state index contributed by atoms with van der Waals surface area (Å²) in [5.41, 5.74) is 2.68. The van der Waals surface area contributed by atoms with Gasteiger partial charge in [0, 0.05) is 42.2 Å². The second kappa shape index (κ2) is 9.37. The van der Waals surface area contributed by atoms with E-state index in [1.165, 1.54) is 12.1 Å². The summed E-state index contributed by atoms with van der Waals surface area (Å²) >= 11 is 0. The van der Waals surface area contributed by atoms with Gasteiger partial charge in [0.1, 0.15) is 0 Å². The molecular formula is C29H25F3N6O. The summed E-state index contributed by atoms with van der Waals surface area (Å²) in [5, 5.41) is 9.92. The number of alkyl halides is 3. The number of carbonyl (C=O) groups is 1. The average molecular weight is 531 g/mol. The predicted molar refractivity (Wildman–Crippen MR) is 143 cm³/mol. The highest BCUT2D eigenvalue weighted by Gasteiger charge is 2.34. The minimum absolute atomic E-state index is 0.0248. The fourth-order valence-electron chi connectivity index (χ4n) is 5.10. The first-order valence-corrected chi connectivity index (χ1v) is 12.6. The Kier molecular flexibility index (Phi) is 5.97. The number of amides is 1. The van der Waals surface area contributed by atoms with Crippen LogP contribution in [0.25, 0.3) is 27.9 Å². The van der Waals surface area contributed by atoms with E-state index >= 15 is 0 Å². The number of hydrogen-bond donors (Lipinski definition) is 0. The third-order valence-electron chi connectivity index (χ3n) is 7.15. The van der Waals surface area contributed by atoms with Crippen LogP contribution < -0.4 is 4.90 Å². The zero-order chi connectivity index (χ0) is 27.3. The van der Waals surface area contributed by atoms with Crippen molar-refractivity contribution in [3.63, 3.8) is 0 Å². The molecule has 0 aliphatic carbocycles. The Morgan fingerprint density at radius 3 is 2.46 bits per heavy atom. The Morgan fingerprint density at radius 1 is 0.949 bits per heavy atom. The lowest BCUT2D eigenvalue weighted by Gasteiger charge is -2.40. The lowest BCUT2D eigenvalue weighted by Crippen LogP contribution is -2.54. The van der Waals surface area contributed by atoms with Gasteiger partial charge in [0.25, 0.3) is 5.91 Å². The third-order valence-corrected chi connectivity index (χ3v) is 7.15. The molecule has 0 spiro atoms. The quantitative estimate of drug-likeness (QED) is 0.303. The maximum absolute atomic E-state index is 13.2. The Balaban J connectivity index is 1.36. The fraction of sp³-hybridized carbons (Fsp3) is 0.241. The van der Waals surface area contributed by atoms with Gasteiger partial charge in [-0.15, -0.1) is 10.2 Å². The number of nitrogens with zero attached hydrogens (tertiary/aromatic N) is 6. The number of piperazine rings is 1. The van der Waals surface area contributed by atoms with Gasteiger partial charge in [-0.1, -0.05) is 48.0 Å². The van der Waals surface area contributed by atoms with Crippen molar-refractivity contribution < 1.29 is 18.0 Å². The van der Waals surface area contributed by atoms with Gasteiger partial charge in [-0.2, -0.15) is 13.2 Å². The standard InChI is InChI=1S/C29H25F3N6O/c1-18-10-12-20(13-11-18)25-34-35-26-23-8-3-4-9-24(23)33-28(38(25)26)36-14-15-37(19(2)17-36)27(39)21-6-5-7-22(16-21)29(30,31)32/h3-13,16,19H,14-15,17H2,1-2H3. The van der Waals surface area contributed by atoms with Crippen LogP contribution in [0, 0.1) is 6.92 Å². The molecule has 198 valence electrons. The number of halogens is 3. The van der Waals surface area contributed by atoms with Gasteiger partial charge in [0.15, 0.2) is 11.5 Å². The third kappa shape index (κ3) is 4.45. The summed E-state index contributed by atoms with van der Waals surface area (Å²) in [6.45, 7) is 5.13.